The summed E-state index contributed by atoms with van der Waals surface area (Å²) < 4.78 is 0. The molecule has 0 atom stereocenters. The van der Waals surface area contributed by atoms with E-state index in [1.54, 1.807) is 0 Å². The molecule has 2 aromatic rings. The van der Waals surface area contributed by atoms with Crippen molar-refractivity contribution in [1.82, 2.24) is 15.3 Å². The minimum absolute atomic E-state index is 0.854. The predicted molar refractivity (Wildman–Crippen MR) is 77.9 cm³/mol. The molecular formula is C16H21N3. The number of nitrogens with zero attached hydrogens (tertiary/aromatic N) is 2. The lowest BCUT2D eigenvalue weighted by molar-refractivity contribution is 0.669. The van der Waals surface area contributed by atoms with Crippen LogP contribution in [-0.2, 0) is 19.4 Å². The summed E-state index contributed by atoms with van der Waals surface area (Å²) in [5.41, 5.74) is 2.48. The Morgan fingerprint density at radius 1 is 0.947 bits per heavy atom. The lowest BCUT2D eigenvalue weighted by atomic mass is 10.1. The highest BCUT2D eigenvalue weighted by molar-refractivity contribution is 5.15. The SMILES string of the molecule is CCCNCc1cnc(CCc2ccccc2)nc1. The molecule has 0 aliphatic rings. The Morgan fingerprint density at radius 3 is 2.37 bits per heavy atom. The van der Waals surface area contributed by atoms with Crippen LogP contribution in [0.25, 0.3) is 0 Å². The summed E-state index contributed by atoms with van der Waals surface area (Å²) in [6, 6.07) is 10.5. The van der Waals surface area contributed by atoms with Crippen molar-refractivity contribution in [2.75, 3.05) is 6.54 Å². The average Bonchev–Trinajstić information content (AvgIpc) is 2.48. The van der Waals surface area contributed by atoms with Gasteiger partial charge in [-0.1, -0.05) is 37.3 Å². The molecule has 3 heteroatoms. The van der Waals surface area contributed by atoms with Gasteiger partial charge in [-0.25, -0.2) is 9.97 Å². The molecule has 0 saturated heterocycles. The zero-order chi connectivity index (χ0) is 13.3. The van der Waals surface area contributed by atoms with Crippen molar-refractivity contribution in [2.45, 2.75) is 32.7 Å². The molecule has 0 saturated carbocycles. The van der Waals surface area contributed by atoms with Crippen molar-refractivity contribution in [1.29, 1.82) is 0 Å². The highest BCUT2D eigenvalue weighted by Crippen LogP contribution is 2.04. The first kappa shape index (κ1) is 13.7. The summed E-state index contributed by atoms with van der Waals surface area (Å²) >= 11 is 0. The van der Waals surface area contributed by atoms with E-state index in [1.165, 1.54) is 5.56 Å². The van der Waals surface area contributed by atoms with E-state index in [0.717, 1.165) is 43.7 Å². The molecule has 0 aliphatic heterocycles. The van der Waals surface area contributed by atoms with Gasteiger partial charge in [0, 0.05) is 30.9 Å². The van der Waals surface area contributed by atoms with E-state index in [2.05, 4.69) is 46.5 Å². The number of benzene rings is 1. The Bertz CT molecular complexity index is 465. The van der Waals surface area contributed by atoms with Gasteiger partial charge < -0.3 is 5.32 Å². The molecular weight excluding hydrogens is 234 g/mol. The van der Waals surface area contributed by atoms with Crippen molar-refractivity contribution < 1.29 is 0 Å². The molecule has 0 radical (unpaired) electrons. The molecule has 0 amide bonds. The lowest BCUT2D eigenvalue weighted by Gasteiger charge is -2.04. The van der Waals surface area contributed by atoms with Gasteiger partial charge in [0.15, 0.2) is 0 Å². The molecule has 19 heavy (non-hydrogen) atoms. The van der Waals surface area contributed by atoms with Crippen LogP contribution in [0.4, 0.5) is 0 Å². The molecule has 1 aromatic heterocycles. The maximum atomic E-state index is 4.42. The van der Waals surface area contributed by atoms with Crippen LogP contribution in [0.15, 0.2) is 42.7 Å². The second kappa shape index (κ2) is 7.64. The topological polar surface area (TPSA) is 37.8 Å². The van der Waals surface area contributed by atoms with Gasteiger partial charge in [0.2, 0.25) is 0 Å². The molecule has 0 spiro atoms. The van der Waals surface area contributed by atoms with Gasteiger partial charge in [0.05, 0.1) is 0 Å². The van der Waals surface area contributed by atoms with E-state index in [1.807, 2.05) is 18.5 Å². The van der Waals surface area contributed by atoms with Gasteiger partial charge in [-0.05, 0) is 24.9 Å². The van der Waals surface area contributed by atoms with Crippen molar-refractivity contribution in [3.63, 3.8) is 0 Å². The third-order valence-electron chi connectivity index (χ3n) is 2.99. The third-order valence-corrected chi connectivity index (χ3v) is 2.99. The summed E-state index contributed by atoms with van der Waals surface area (Å²) in [6.45, 7) is 4.05. The van der Waals surface area contributed by atoms with E-state index >= 15 is 0 Å². The molecule has 0 aliphatic carbocycles. The number of hydrogen-bond donors (Lipinski definition) is 1. The fraction of sp³-hybridized carbons (Fsp3) is 0.375. The van der Waals surface area contributed by atoms with E-state index in [4.69, 9.17) is 0 Å². The predicted octanol–water partition coefficient (Wildman–Crippen LogP) is 2.76. The fourth-order valence-electron chi connectivity index (χ4n) is 1.91. The first-order valence-electron chi connectivity index (χ1n) is 6.93. The smallest absolute Gasteiger partial charge is 0.128 e. The number of aryl methyl sites for hydroxylation is 2. The van der Waals surface area contributed by atoms with Crippen LogP contribution in [-0.4, -0.2) is 16.5 Å². The van der Waals surface area contributed by atoms with Gasteiger partial charge in [0.1, 0.15) is 5.82 Å². The van der Waals surface area contributed by atoms with E-state index in [-0.39, 0.29) is 0 Å². The first-order chi connectivity index (χ1) is 9.38. The largest absolute Gasteiger partial charge is 0.313 e. The Balaban J connectivity index is 1.81. The number of aromatic nitrogens is 2. The number of nitrogens with one attached hydrogen (secondary N) is 1. The number of rotatable bonds is 7. The van der Waals surface area contributed by atoms with Gasteiger partial charge in [-0.2, -0.15) is 0 Å². The van der Waals surface area contributed by atoms with Crippen molar-refractivity contribution in [3.05, 3.63) is 59.7 Å². The standard InChI is InChI=1S/C16H21N3/c1-2-10-17-11-15-12-18-16(19-13-15)9-8-14-6-4-3-5-7-14/h3-7,12-13,17H,2,8-11H2,1H3. The van der Waals surface area contributed by atoms with E-state index < -0.39 is 0 Å². The van der Waals surface area contributed by atoms with Gasteiger partial charge >= 0.3 is 0 Å². The van der Waals surface area contributed by atoms with Crippen LogP contribution in [0, 0.1) is 0 Å². The summed E-state index contributed by atoms with van der Waals surface area (Å²) in [5.74, 6) is 0.920. The molecule has 3 nitrogen and oxygen atoms in total. The molecule has 0 fully saturated rings. The van der Waals surface area contributed by atoms with Crippen molar-refractivity contribution >= 4 is 0 Å². The van der Waals surface area contributed by atoms with Crippen LogP contribution in [0.5, 0.6) is 0 Å². The maximum Gasteiger partial charge on any atom is 0.128 e. The summed E-state index contributed by atoms with van der Waals surface area (Å²) in [7, 11) is 0. The monoisotopic (exact) mass is 255 g/mol. The zero-order valence-corrected chi connectivity index (χ0v) is 11.5. The summed E-state index contributed by atoms with van der Waals surface area (Å²) in [5, 5.41) is 3.35. The molecule has 1 heterocycles. The van der Waals surface area contributed by atoms with E-state index in [9.17, 15) is 0 Å². The van der Waals surface area contributed by atoms with Crippen LogP contribution in [0.2, 0.25) is 0 Å². The highest BCUT2D eigenvalue weighted by Gasteiger charge is 1.99. The van der Waals surface area contributed by atoms with Crippen molar-refractivity contribution in [2.24, 2.45) is 0 Å². The average molecular weight is 255 g/mol. The third kappa shape index (κ3) is 4.79. The molecule has 1 aromatic carbocycles. The summed E-state index contributed by atoms with van der Waals surface area (Å²) in [4.78, 5) is 8.84. The Kier molecular flexibility index (Phi) is 5.50. The van der Waals surface area contributed by atoms with Crippen LogP contribution < -0.4 is 5.32 Å². The zero-order valence-electron chi connectivity index (χ0n) is 11.5. The minimum atomic E-state index is 0.854. The molecule has 0 unspecified atom stereocenters. The second-order valence-corrected chi connectivity index (χ2v) is 4.67. The molecule has 2 rings (SSSR count). The molecule has 100 valence electrons. The molecule has 1 N–H and O–H groups in total. The lowest BCUT2D eigenvalue weighted by Crippen LogP contribution is -2.14. The van der Waals surface area contributed by atoms with Gasteiger partial charge in [-0.15, -0.1) is 0 Å². The van der Waals surface area contributed by atoms with E-state index in [0.29, 0.717) is 0 Å². The quantitative estimate of drug-likeness (QED) is 0.773. The Hall–Kier alpha value is -1.74. The Labute approximate surface area is 115 Å². The van der Waals surface area contributed by atoms with Crippen LogP contribution in [0.1, 0.15) is 30.3 Å². The first-order valence-corrected chi connectivity index (χ1v) is 6.93. The Morgan fingerprint density at radius 2 is 1.68 bits per heavy atom. The normalized spacial score (nSPS) is 10.6. The van der Waals surface area contributed by atoms with Crippen molar-refractivity contribution in [3.8, 4) is 0 Å². The maximum absolute atomic E-state index is 4.42. The molecule has 0 bridgehead atoms. The van der Waals surface area contributed by atoms with Crippen LogP contribution >= 0.6 is 0 Å². The number of hydrogen-bond acceptors (Lipinski definition) is 3. The fourth-order valence-corrected chi connectivity index (χ4v) is 1.91. The minimum Gasteiger partial charge on any atom is -0.313 e. The van der Waals surface area contributed by atoms with Gasteiger partial charge in [0.25, 0.3) is 0 Å². The highest BCUT2D eigenvalue weighted by atomic mass is 14.9. The van der Waals surface area contributed by atoms with Gasteiger partial charge in [-0.3, -0.25) is 0 Å². The summed E-state index contributed by atoms with van der Waals surface area (Å²) in [6.07, 6.45) is 6.89. The second-order valence-electron chi connectivity index (χ2n) is 4.67. The van der Waals surface area contributed by atoms with Crippen LogP contribution in [0.3, 0.4) is 0 Å².